The maximum absolute atomic E-state index is 12.9. The van der Waals surface area contributed by atoms with Gasteiger partial charge in [0.15, 0.2) is 11.5 Å². The van der Waals surface area contributed by atoms with Crippen molar-refractivity contribution in [2.45, 2.75) is 26.2 Å². The number of hydrogen-bond acceptors (Lipinski definition) is 4. The highest BCUT2D eigenvalue weighted by molar-refractivity contribution is 9.10. The number of benzene rings is 2. The van der Waals surface area contributed by atoms with Crippen molar-refractivity contribution < 1.29 is 19.1 Å². The van der Waals surface area contributed by atoms with Crippen molar-refractivity contribution in [1.82, 2.24) is 4.90 Å². The fraction of sp³-hybridized carbons (Fsp3) is 0.364. The Morgan fingerprint density at radius 3 is 2.55 bits per heavy atom. The number of carbonyl (C=O) groups excluding carboxylic acids is 2. The molecule has 0 radical (unpaired) electrons. The van der Waals surface area contributed by atoms with Crippen LogP contribution in [0.2, 0.25) is 0 Å². The van der Waals surface area contributed by atoms with Gasteiger partial charge in [0.25, 0.3) is 11.8 Å². The molecule has 2 aromatic carbocycles. The van der Waals surface area contributed by atoms with Crippen LogP contribution in [0.15, 0.2) is 40.9 Å². The fourth-order valence-electron chi connectivity index (χ4n) is 3.38. The van der Waals surface area contributed by atoms with Crippen LogP contribution >= 0.6 is 15.9 Å². The number of halogens is 1. The van der Waals surface area contributed by atoms with Crippen molar-refractivity contribution in [3.63, 3.8) is 0 Å². The monoisotopic (exact) mass is 460 g/mol. The highest BCUT2D eigenvalue weighted by Crippen LogP contribution is 2.37. The number of nitrogens with one attached hydrogen (secondary N) is 1. The molecule has 7 heteroatoms. The normalized spacial score (nSPS) is 13.7. The first-order chi connectivity index (χ1) is 14.0. The van der Waals surface area contributed by atoms with Crippen LogP contribution in [0.3, 0.4) is 0 Å². The minimum atomic E-state index is -0.328. The first-order valence-electron chi connectivity index (χ1n) is 9.75. The van der Waals surface area contributed by atoms with Crippen LogP contribution in [0, 0.1) is 0 Å². The largest absolute Gasteiger partial charge is 0.493 e. The van der Waals surface area contributed by atoms with Crippen molar-refractivity contribution in [1.29, 1.82) is 0 Å². The van der Waals surface area contributed by atoms with Gasteiger partial charge in [-0.3, -0.25) is 9.59 Å². The standard InChI is InChI=1S/C22H25BrN2O4/c1-3-29-20-17(23)13-15(14-19(20)28-2)21(26)24-18-10-6-5-9-16(18)22(27)25-11-7-4-8-12-25/h5-6,9-10,13-14H,3-4,7-8,11-12H2,1-2H3,(H,24,26). The van der Waals surface area contributed by atoms with E-state index in [2.05, 4.69) is 21.2 Å². The summed E-state index contributed by atoms with van der Waals surface area (Å²) in [5.74, 6) is 0.633. The van der Waals surface area contributed by atoms with E-state index in [0.29, 0.717) is 39.4 Å². The number of piperidine rings is 1. The number of likely N-dealkylation sites (tertiary alicyclic amines) is 1. The van der Waals surface area contributed by atoms with E-state index >= 15 is 0 Å². The molecule has 29 heavy (non-hydrogen) atoms. The summed E-state index contributed by atoms with van der Waals surface area (Å²) in [5.41, 5.74) is 1.40. The molecule has 154 valence electrons. The van der Waals surface area contributed by atoms with Crippen LogP contribution in [0.25, 0.3) is 0 Å². The second kappa shape index (κ2) is 9.78. The summed E-state index contributed by atoms with van der Waals surface area (Å²) in [6.07, 6.45) is 3.18. The SMILES string of the molecule is CCOc1c(Br)cc(C(=O)Nc2ccccc2C(=O)N2CCCCC2)cc1OC. The molecule has 2 aromatic rings. The molecule has 1 saturated heterocycles. The summed E-state index contributed by atoms with van der Waals surface area (Å²) in [4.78, 5) is 27.7. The Morgan fingerprint density at radius 2 is 1.86 bits per heavy atom. The third-order valence-electron chi connectivity index (χ3n) is 4.83. The number of anilines is 1. The first-order valence-corrected chi connectivity index (χ1v) is 10.5. The van der Waals surface area contributed by atoms with Crippen LogP contribution < -0.4 is 14.8 Å². The molecule has 0 bridgehead atoms. The second-order valence-corrected chi connectivity index (χ2v) is 7.63. The maximum atomic E-state index is 12.9. The summed E-state index contributed by atoms with van der Waals surface area (Å²) in [6, 6.07) is 10.4. The number of para-hydroxylation sites is 1. The fourth-order valence-corrected chi connectivity index (χ4v) is 3.93. The molecular formula is C22H25BrN2O4. The molecule has 0 unspecified atom stereocenters. The van der Waals surface area contributed by atoms with Crippen molar-refractivity contribution in [3.05, 3.63) is 52.0 Å². The first kappa shape index (κ1) is 21.2. The van der Waals surface area contributed by atoms with Gasteiger partial charge in [-0.05, 0) is 66.4 Å². The zero-order valence-corrected chi connectivity index (χ0v) is 18.3. The Kier molecular flexibility index (Phi) is 7.14. The predicted octanol–water partition coefficient (Wildman–Crippen LogP) is 4.73. The number of hydrogen-bond donors (Lipinski definition) is 1. The lowest BCUT2D eigenvalue weighted by atomic mass is 10.1. The Balaban J connectivity index is 1.84. The lowest BCUT2D eigenvalue weighted by molar-refractivity contribution is 0.0725. The molecule has 1 N–H and O–H groups in total. The van der Waals surface area contributed by atoms with E-state index in [1.807, 2.05) is 17.9 Å². The van der Waals surface area contributed by atoms with Crippen LogP contribution in [-0.2, 0) is 0 Å². The molecule has 0 aromatic heterocycles. The van der Waals surface area contributed by atoms with E-state index in [1.54, 1.807) is 30.3 Å². The molecule has 0 aliphatic carbocycles. The van der Waals surface area contributed by atoms with E-state index < -0.39 is 0 Å². The van der Waals surface area contributed by atoms with Crippen molar-refractivity contribution in [3.8, 4) is 11.5 Å². The van der Waals surface area contributed by atoms with Crippen molar-refractivity contribution in [2.75, 3.05) is 32.1 Å². The van der Waals surface area contributed by atoms with Crippen molar-refractivity contribution >= 4 is 33.4 Å². The zero-order chi connectivity index (χ0) is 20.8. The highest BCUT2D eigenvalue weighted by atomic mass is 79.9. The lowest BCUT2D eigenvalue weighted by Crippen LogP contribution is -2.36. The smallest absolute Gasteiger partial charge is 0.255 e. The van der Waals surface area contributed by atoms with Gasteiger partial charge in [0, 0.05) is 18.7 Å². The van der Waals surface area contributed by atoms with Gasteiger partial charge < -0.3 is 19.7 Å². The summed E-state index contributed by atoms with van der Waals surface area (Å²) in [5, 5.41) is 2.87. The highest BCUT2D eigenvalue weighted by Gasteiger charge is 2.22. The van der Waals surface area contributed by atoms with Gasteiger partial charge in [-0.25, -0.2) is 0 Å². The summed E-state index contributed by atoms with van der Waals surface area (Å²) in [7, 11) is 1.53. The molecule has 0 spiro atoms. The van der Waals surface area contributed by atoms with E-state index in [-0.39, 0.29) is 11.8 Å². The van der Waals surface area contributed by atoms with Gasteiger partial charge in [0.05, 0.1) is 29.4 Å². The van der Waals surface area contributed by atoms with Crippen LogP contribution in [0.5, 0.6) is 11.5 Å². The Bertz CT molecular complexity index is 894. The third-order valence-corrected chi connectivity index (χ3v) is 5.42. The molecule has 2 amide bonds. The zero-order valence-electron chi connectivity index (χ0n) is 16.7. The minimum absolute atomic E-state index is 0.0499. The van der Waals surface area contributed by atoms with E-state index in [4.69, 9.17) is 9.47 Å². The lowest BCUT2D eigenvalue weighted by Gasteiger charge is -2.27. The topological polar surface area (TPSA) is 67.9 Å². The van der Waals surface area contributed by atoms with Crippen LogP contribution in [-0.4, -0.2) is 43.5 Å². The molecule has 1 aliphatic rings. The summed E-state index contributed by atoms with van der Waals surface area (Å²) in [6.45, 7) is 3.86. The average molecular weight is 461 g/mol. The van der Waals surface area contributed by atoms with Crippen LogP contribution in [0.1, 0.15) is 46.9 Å². The Labute approximate surface area is 179 Å². The number of nitrogens with zero attached hydrogens (tertiary/aromatic N) is 1. The van der Waals surface area contributed by atoms with E-state index in [9.17, 15) is 9.59 Å². The number of rotatable bonds is 6. The molecular weight excluding hydrogens is 436 g/mol. The van der Waals surface area contributed by atoms with Gasteiger partial charge in [0.2, 0.25) is 0 Å². The second-order valence-electron chi connectivity index (χ2n) is 6.78. The van der Waals surface area contributed by atoms with Gasteiger partial charge in [-0.2, -0.15) is 0 Å². The van der Waals surface area contributed by atoms with Gasteiger partial charge in [0.1, 0.15) is 0 Å². The molecule has 1 fully saturated rings. The van der Waals surface area contributed by atoms with E-state index in [0.717, 1.165) is 32.4 Å². The minimum Gasteiger partial charge on any atom is -0.493 e. The quantitative estimate of drug-likeness (QED) is 0.675. The number of methoxy groups -OCH3 is 1. The Hall–Kier alpha value is -2.54. The van der Waals surface area contributed by atoms with E-state index in [1.165, 1.54) is 7.11 Å². The van der Waals surface area contributed by atoms with Gasteiger partial charge in [-0.15, -0.1) is 0 Å². The molecule has 0 atom stereocenters. The van der Waals surface area contributed by atoms with Gasteiger partial charge in [-0.1, -0.05) is 12.1 Å². The molecule has 3 rings (SSSR count). The number of amides is 2. The maximum Gasteiger partial charge on any atom is 0.255 e. The Morgan fingerprint density at radius 1 is 1.14 bits per heavy atom. The predicted molar refractivity (Wildman–Crippen MR) is 116 cm³/mol. The average Bonchev–Trinajstić information content (AvgIpc) is 2.75. The van der Waals surface area contributed by atoms with Crippen LogP contribution in [0.4, 0.5) is 5.69 Å². The number of carbonyl (C=O) groups is 2. The summed E-state index contributed by atoms with van der Waals surface area (Å²) >= 11 is 3.44. The number of ether oxygens (including phenoxy) is 2. The molecule has 1 aliphatic heterocycles. The molecule has 0 saturated carbocycles. The van der Waals surface area contributed by atoms with Gasteiger partial charge >= 0.3 is 0 Å². The van der Waals surface area contributed by atoms with Crippen molar-refractivity contribution in [2.24, 2.45) is 0 Å². The summed E-state index contributed by atoms with van der Waals surface area (Å²) < 4.78 is 11.6. The molecule has 1 heterocycles. The third kappa shape index (κ3) is 4.90. The molecule has 6 nitrogen and oxygen atoms in total.